The Labute approximate surface area is 78.5 Å². The molecule has 1 fully saturated rings. The number of hydrogen-bond donors (Lipinski definition) is 0. The molecule has 1 atom stereocenters. The average molecular weight is 184 g/mol. The lowest BCUT2D eigenvalue weighted by Crippen LogP contribution is -2.30. The molecule has 0 aromatic rings. The maximum absolute atomic E-state index is 11.4. The summed E-state index contributed by atoms with van der Waals surface area (Å²) in [6, 6.07) is 0. The molecule has 1 rings (SSSR count). The predicted octanol–water partition coefficient (Wildman–Crippen LogP) is 1.70. The Morgan fingerprint density at radius 2 is 2.15 bits per heavy atom. The number of ether oxygens (including phenoxy) is 1. The summed E-state index contributed by atoms with van der Waals surface area (Å²) in [5.74, 6) is -0.757. The fourth-order valence-corrected chi connectivity index (χ4v) is 1.55. The lowest BCUT2D eigenvalue weighted by molar-refractivity contribution is -0.156. The van der Waals surface area contributed by atoms with Crippen LogP contribution in [0.25, 0.3) is 0 Å². The zero-order valence-corrected chi connectivity index (χ0v) is 8.21. The fraction of sp³-hybridized carbons (Fsp3) is 0.800. The van der Waals surface area contributed by atoms with Crippen molar-refractivity contribution >= 4 is 11.8 Å². The van der Waals surface area contributed by atoms with E-state index in [1.807, 2.05) is 0 Å². The van der Waals surface area contributed by atoms with E-state index in [0.29, 0.717) is 12.8 Å². The normalized spacial score (nSPS) is 23.3. The van der Waals surface area contributed by atoms with E-state index < -0.39 is 5.92 Å². The van der Waals surface area contributed by atoms with Crippen LogP contribution in [0.1, 0.15) is 39.5 Å². The average Bonchev–Trinajstić information content (AvgIpc) is 2.03. The van der Waals surface area contributed by atoms with Gasteiger partial charge in [0.05, 0.1) is 6.10 Å². The second-order valence-corrected chi connectivity index (χ2v) is 3.75. The molecule has 0 bridgehead atoms. The second-order valence-electron chi connectivity index (χ2n) is 3.75. The third-order valence-corrected chi connectivity index (χ3v) is 2.19. The van der Waals surface area contributed by atoms with Crippen LogP contribution >= 0.6 is 0 Å². The lowest BCUT2D eigenvalue weighted by atomic mass is 9.88. The number of carbonyl (C=O) groups is 2. The van der Waals surface area contributed by atoms with Gasteiger partial charge < -0.3 is 4.74 Å². The molecule has 1 saturated carbocycles. The van der Waals surface area contributed by atoms with Crippen LogP contribution in [0.4, 0.5) is 0 Å². The van der Waals surface area contributed by atoms with Gasteiger partial charge in [-0.05, 0) is 26.7 Å². The van der Waals surface area contributed by atoms with Crippen LogP contribution in [-0.2, 0) is 14.3 Å². The van der Waals surface area contributed by atoms with Crippen LogP contribution in [0.3, 0.4) is 0 Å². The highest BCUT2D eigenvalue weighted by atomic mass is 16.5. The van der Waals surface area contributed by atoms with Gasteiger partial charge >= 0.3 is 5.97 Å². The number of rotatable bonds is 2. The maximum Gasteiger partial charge on any atom is 0.316 e. The number of ketones is 1. The molecule has 0 amide bonds. The van der Waals surface area contributed by atoms with Gasteiger partial charge in [-0.25, -0.2) is 0 Å². The Balaban J connectivity index is 2.49. The first kappa shape index (κ1) is 10.2. The topological polar surface area (TPSA) is 43.4 Å². The van der Waals surface area contributed by atoms with Gasteiger partial charge in [-0.3, -0.25) is 9.59 Å². The Hall–Kier alpha value is -0.860. The van der Waals surface area contributed by atoms with E-state index in [4.69, 9.17) is 4.74 Å². The molecule has 74 valence electrons. The van der Waals surface area contributed by atoms with Gasteiger partial charge in [0.1, 0.15) is 11.7 Å². The van der Waals surface area contributed by atoms with Crippen molar-refractivity contribution in [2.24, 2.45) is 5.92 Å². The number of Topliss-reactive ketones (excluding diaryl/α,β-unsaturated/α-hetero) is 1. The number of carbonyl (C=O) groups excluding carboxylic acids is 2. The SMILES string of the molecule is CC(C)OC(=O)C1CCCCC1=O. The summed E-state index contributed by atoms with van der Waals surface area (Å²) in [6.45, 7) is 3.59. The number of hydrogen-bond acceptors (Lipinski definition) is 3. The van der Waals surface area contributed by atoms with Gasteiger partial charge in [0.15, 0.2) is 0 Å². The van der Waals surface area contributed by atoms with E-state index in [2.05, 4.69) is 0 Å². The van der Waals surface area contributed by atoms with Crippen molar-refractivity contribution in [2.75, 3.05) is 0 Å². The van der Waals surface area contributed by atoms with Gasteiger partial charge in [0.2, 0.25) is 0 Å². The van der Waals surface area contributed by atoms with Crippen LogP contribution in [0.2, 0.25) is 0 Å². The van der Waals surface area contributed by atoms with E-state index in [1.165, 1.54) is 0 Å². The molecule has 0 aromatic heterocycles. The molecule has 1 aliphatic carbocycles. The van der Waals surface area contributed by atoms with Crippen molar-refractivity contribution in [1.82, 2.24) is 0 Å². The van der Waals surface area contributed by atoms with Crippen LogP contribution in [0.15, 0.2) is 0 Å². The molecule has 0 aliphatic heterocycles. The predicted molar refractivity (Wildman–Crippen MR) is 48.2 cm³/mol. The maximum atomic E-state index is 11.4. The summed E-state index contributed by atoms with van der Waals surface area (Å²) in [5.41, 5.74) is 0. The highest BCUT2D eigenvalue weighted by Gasteiger charge is 2.30. The standard InChI is InChI=1S/C10H16O3/c1-7(2)13-10(12)8-5-3-4-6-9(8)11/h7-8H,3-6H2,1-2H3. The van der Waals surface area contributed by atoms with Crippen LogP contribution in [-0.4, -0.2) is 17.9 Å². The molecule has 0 aromatic carbocycles. The Kier molecular flexibility index (Phi) is 3.46. The summed E-state index contributed by atoms with van der Waals surface area (Å²) in [5, 5.41) is 0. The molecule has 0 N–H and O–H groups in total. The van der Waals surface area contributed by atoms with E-state index in [0.717, 1.165) is 12.8 Å². The van der Waals surface area contributed by atoms with Crippen molar-refractivity contribution < 1.29 is 14.3 Å². The molecule has 0 saturated heterocycles. The highest BCUT2D eigenvalue weighted by molar-refractivity contribution is 5.99. The van der Waals surface area contributed by atoms with Gasteiger partial charge in [0, 0.05) is 6.42 Å². The number of esters is 1. The molecular formula is C10H16O3. The summed E-state index contributed by atoms with van der Waals surface area (Å²) < 4.78 is 5.00. The first-order valence-corrected chi connectivity index (χ1v) is 4.84. The molecular weight excluding hydrogens is 168 g/mol. The molecule has 0 radical (unpaired) electrons. The first-order valence-electron chi connectivity index (χ1n) is 4.84. The summed E-state index contributed by atoms with van der Waals surface area (Å²) in [7, 11) is 0. The van der Waals surface area contributed by atoms with Crippen molar-refractivity contribution in [1.29, 1.82) is 0 Å². The molecule has 3 heteroatoms. The van der Waals surface area contributed by atoms with Gasteiger partial charge in [-0.1, -0.05) is 6.42 Å². The van der Waals surface area contributed by atoms with Crippen LogP contribution in [0.5, 0.6) is 0 Å². The van der Waals surface area contributed by atoms with Crippen LogP contribution < -0.4 is 0 Å². The molecule has 0 heterocycles. The molecule has 1 unspecified atom stereocenters. The zero-order chi connectivity index (χ0) is 9.84. The minimum atomic E-state index is -0.476. The van der Waals surface area contributed by atoms with E-state index in [9.17, 15) is 9.59 Å². The second kappa shape index (κ2) is 4.40. The molecule has 1 aliphatic rings. The summed E-state index contributed by atoms with van der Waals surface area (Å²) in [4.78, 5) is 22.7. The molecule has 13 heavy (non-hydrogen) atoms. The van der Waals surface area contributed by atoms with Crippen molar-refractivity contribution in [3.63, 3.8) is 0 Å². The van der Waals surface area contributed by atoms with Crippen molar-refractivity contribution in [3.8, 4) is 0 Å². The lowest BCUT2D eigenvalue weighted by Gasteiger charge is -2.20. The van der Waals surface area contributed by atoms with Crippen molar-refractivity contribution in [3.05, 3.63) is 0 Å². The smallest absolute Gasteiger partial charge is 0.316 e. The van der Waals surface area contributed by atoms with Gasteiger partial charge in [-0.15, -0.1) is 0 Å². The quantitative estimate of drug-likeness (QED) is 0.484. The Morgan fingerprint density at radius 1 is 1.46 bits per heavy atom. The van der Waals surface area contributed by atoms with Gasteiger partial charge in [0.25, 0.3) is 0 Å². The zero-order valence-electron chi connectivity index (χ0n) is 8.21. The minimum Gasteiger partial charge on any atom is -0.462 e. The Morgan fingerprint density at radius 3 is 2.69 bits per heavy atom. The summed E-state index contributed by atoms with van der Waals surface area (Å²) in [6.07, 6.45) is 2.97. The highest BCUT2D eigenvalue weighted by Crippen LogP contribution is 2.21. The third-order valence-electron chi connectivity index (χ3n) is 2.19. The summed E-state index contributed by atoms with van der Waals surface area (Å²) >= 11 is 0. The van der Waals surface area contributed by atoms with Gasteiger partial charge in [-0.2, -0.15) is 0 Å². The molecule has 0 spiro atoms. The molecule has 3 nitrogen and oxygen atoms in total. The van der Waals surface area contributed by atoms with Crippen LogP contribution in [0, 0.1) is 5.92 Å². The minimum absolute atomic E-state index is 0.0527. The Bertz CT molecular complexity index is 208. The van der Waals surface area contributed by atoms with Crippen molar-refractivity contribution in [2.45, 2.75) is 45.6 Å². The third kappa shape index (κ3) is 2.83. The first-order chi connectivity index (χ1) is 6.11. The van der Waals surface area contributed by atoms with E-state index in [-0.39, 0.29) is 17.9 Å². The largest absolute Gasteiger partial charge is 0.462 e. The monoisotopic (exact) mass is 184 g/mol. The van der Waals surface area contributed by atoms with E-state index >= 15 is 0 Å². The fourth-order valence-electron chi connectivity index (χ4n) is 1.55. The van der Waals surface area contributed by atoms with E-state index in [1.54, 1.807) is 13.8 Å².